The second-order valence-electron chi connectivity index (χ2n) is 9.70. The van der Waals surface area contributed by atoms with Crippen LogP contribution in [0.1, 0.15) is 25.1 Å². The third-order valence-electron chi connectivity index (χ3n) is 6.96. The van der Waals surface area contributed by atoms with Crippen molar-refractivity contribution >= 4 is 28.6 Å². The Kier molecular flexibility index (Phi) is 7.33. The van der Waals surface area contributed by atoms with Crippen molar-refractivity contribution in [3.63, 3.8) is 0 Å². The maximum Gasteiger partial charge on any atom is 0.162 e. The molecule has 9 nitrogen and oxygen atoms in total. The molecule has 4 heterocycles. The van der Waals surface area contributed by atoms with E-state index in [9.17, 15) is 0 Å². The number of hydrogen-bond acceptors (Lipinski definition) is 9. The summed E-state index contributed by atoms with van der Waals surface area (Å²) in [5.74, 6) is 2.85. The van der Waals surface area contributed by atoms with Gasteiger partial charge in [0.05, 0.1) is 49.5 Å². The lowest BCUT2D eigenvalue weighted by atomic mass is 10.1. The van der Waals surface area contributed by atoms with E-state index in [0.717, 1.165) is 71.2 Å². The van der Waals surface area contributed by atoms with E-state index in [1.807, 2.05) is 67.9 Å². The van der Waals surface area contributed by atoms with Crippen LogP contribution in [0, 0.1) is 0 Å². The maximum absolute atomic E-state index is 6.13. The molecule has 39 heavy (non-hydrogen) atoms. The number of nitrogens with one attached hydrogen (secondary N) is 1. The number of nitrogens with zero attached hydrogens (tertiary/aromatic N) is 5. The van der Waals surface area contributed by atoms with Crippen LogP contribution in [0.2, 0.25) is 0 Å². The lowest BCUT2D eigenvalue weighted by Gasteiger charge is -2.32. The number of fused-ring (bicyclic) bond motifs is 2. The summed E-state index contributed by atoms with van der Waals surface area (Å²) in [6.07, 6.45) is 3.67. The fourth-order valence-corrected chi connectivity index (χ4v) is 4.88. The molecular formula is C30H32N6O3. The fourth-order valence-electron chi connectivity index (χ4n) is 4.88. The van der Waals surface area contributed by atoms with Gasteiger partial charge >= 0.3 is 0 Å². The molecule has 1 saturated heterocycles. The second-order valence-corrected chi connectivity index (χ2v) is 9.70. The number of morpholine rings is 1. The first-order valence-electron chi connectivity index (χ1n) is 13.4. The number of anilines is 2. The third kappa shape index (κ3) is 5.69. The molecule has 2 aromatic carbocycles. The minimum atomic E-state index is 0.405. The molecule has 4 aromatic rings. The highest BCUT2D eigenvalue weighted by atomic mass is 16.5. The minimum absolute atomic E-state index is 0.405. The number of aromatic nitrogens is 3. The van der Waals surface area contributed by atoms with Crippen LogP contribution >= 0.6 is 0 Å². The molecule has 2 aromatic heterocycles. The van der Waals surface area contributed by atoms with Gasteiger partial charge in [0.2, 0.25) is 0 Å². The standard InChI is InChI=1S/C30H32N6O3/c1-3-38-25-7-8-27-26(15-25)30(33-23-13-22-16-31-18-28(22)32-17-23)35-29(34-27)21-5-4-6-24(14-21)39-12-10-36-9-11-37-19-20(36)2/h4-8,13-17,20H,3,9-12,18-19H2,1-2H3,(H,33,34,35). The first kappa shape index (κ1) is 25.2. The Hall–Kier alpha value is -4.08. The summed E-state index contributed by atoms with van der Waals surface area (Å²) >= 11 is 0. The topological polar surface area (TPSA) is 94.0 Å². The molecule has 0 bridgehead atoms. The fraction of sp³-hybridized carbons (Fsp3) is 0.333. The van der Waals surface area contributed by atoms with Gasteiger partial charge in [0.15, 0.2) is 5.82 Å². The highest BCUT2D eigenvalue weighted by Gasteiger charge is 2.18. The highest BCUT2D eigenvalue weighted by Crippen LogP contribution is 2.31. The quantitative estimate of drug-likeness (QED) is 0.332. The van der Waals surface area contributed by atoms with Gasteiger partial charge in [-0.3, -0.25) is 14.9 Å². The summed E-state index contributed by atoms with van der Waals surface area (Å²) in [6, 6.07) is 16.3. The van der Waals surface area contributed by atoms with Crippen molar-refractivity contribution in [1.29, 1.82) is 0 Å². The van der Waals surface area contributed by atoms with E-state index in [4.69, 9.17) is 24.2 Å². The molecule has 0 spiro atoms. The van der Waals surface area contributed by atoms with Crippen LogP contribution in [0.25, 0.3) is 22.3 Å². The number of aliphatic imine (C=N–C) groups is 1. The van der Waals surface area contributed by atoms with Crippen LogP contribution < -0.4 is 14.8 Å². The van der Waals surface area contributed by atoms with Gasteiger partial charge in [-0.05, 0) is 50.2 Å². The molecule has 200 valence electrons. The van der Waals surface area contributed by atoms with E-state index < -0.39 is 0 Å². The number of pyridine rings is 1. The van der Waals surface area contributed by atoms with Gasteiger partial charge in [-0.1, -0.05) is 12.1 Å². The summed E-state index contributed by atoms with van der Waals surface area (Å²) in [5, 5.41) is 4.33. The number of hydrogen-bond donors (Lipinski definition) is 1. The van der Waals surface area contributed by atoms with E-state index in [0.29, 0.717) is 37.4 Å². The Bertz CT molecular complexity index is 1510. The molecule has 1 unspecified atom stereocenters. The predicted molar refractivity (Wildman–Crippen MR) is 152 cm³/mol. The zero-order chi connectivity index (χ0) is 26.6. The Morgan fingerprint density at radius 2 is 2.00 bits per heavy atom. The average Bonchev–Trinajstić information content (AvgIpc) is 3.43. The number of ether oxygens (including phenoxy) is 3. The Balaban J connectivity index is 1.28. The van der Waals surface area contributed by atoms with Crippen molar-refractivity contribution < 1.29 is 14.2 Å². The van der Waals surface area contributed by atoms with Gasteiger partial charge < -0.3 is 19.5 Å². The zero-order valence-electron chi connectivity index (χ0n) is 22.3. The van der Waals surface area contributed by atoms with Crippen LogP contribution in [-0.4, -0.2) is 71.6 Å². The average molecular weight is 525 g/mol. The van der Waals surface area contributed by atoms with Gasteiger partial charge in [-0.2, -0.15) is 0 Å². The van der Waals surface area contributed by atoms with Crippen LogP contribution in [0.15, 0.2) is 59.7 Å². The minimum Gasteiger partial charge on any atom is -0.494 e. The monoisotopic (exact) mass is 524 g/mol. The van der Waals surface area contributed by atoms with Crippen molar-refractivity contribution in [2.24, 2.45) is 4.99 Å². The van der Waals surface area contributed by atoms with Gasteiger partial charge in [-0.15, -0.1) is 0 Å². The van der Waals surface area contributed by atoms with Crippen molar-refractivity contribution in [2.45, 2.75) is 26.4 Å². The van der Waals surface area contributed by atoms with Gasteiger partial charge in [-0.25, -0.2) is 9.97 Å². The van der Waals surface area contributed by atoms with Crippen molar-refractivity contribution in [2.75, 3.05) is 44.8 Å². The van der Waals surface area contributed by atoms with Crippen molar-refractivity contribution in [3.05, 3.63) is 66.0 Å². The Morgan fingerprint density at radius 1 is 1.08 bits per heavy atom. The maximum atomic E-state index is 6.13. The summed E-state index contributed by atoms with van der Waals surface area (Å²) in [4.78, 5) is 21.1. The largest absolute Gasteiger partial charge is 0.494 e. The van der Waals surface area contributed by atoms with E-state index >= 15 is 0 Å². The van der Waals surface area contributed by atoms with Gasteiger partial charge in [0.1, 0.15) is 23.9 Å². The number of benzene rings is 2. The van der Waals surface area contributed by atoms with Crippen LogP contribution in [0.4, 0.5) is 11.5 Å². The van der Waals surface area contributed by atoms with Gasteiger partial charge in [0, 0.05) is 41.9 Å². The first-order valence-corrected chi connectivity index (χ1v) is 13.4. The Labute approximate surface area is 227 Å². The van der Waals surface area contributed by atoms with Gasteiger partial charge in [0.25, 0.3) is 0 Å². The summed E-state index contributed by atoms with van der Waals surface area (Å²) in [6.45, 7) is 9.30. The van der Waals surface area contributed by atoms with Crippen LogP contribution in [-0.2, 0) is 11.3 Å². The summed E-state index contributed by atoms with van der Waals surface area (Å²) < 4.78 is 17.4. The molecule has 1 N–H and O–H groups in total. The SMILES string of the molecule is CCOc1ccc2nc(-c3cccc(OCCN4CCOCC4C)c3)nc(Nc3cnc4c(c3)C=NC4)c2c1. The predicted octanol–water partition coefficient (Wildman–Crippen LogP) is 4.87. The van der Waals surface area contributed by atoms with Crippen LogP contribution in [0.5, 0.6) is 11.5 Å². The second kappa shape index (κ2) is 11.3. The van der Waals surface area contributed by atoms with E-state index in [2.05, 4.69) is 27.1 Å². The lowest BCUT2D eigenvalue weighted by Crippen LogP contribution is -2.45. The summed E-state index contributed by atoms with van der Waals surface area (Å²) in [7, 11) is 0. The van der Waals surface area contributed by atoms with E-state index in [1.165, 1.54) is 0 Å². The van der Waals surface area contributed by atoms with Crippen molar-refractivity contribution in [3.8, 4) is 22.9 Å². The van der Waals surface area contributed by atoms with Crippen molar-refractivity contribution in [1.82, 2.24) is 19.9 Å². The summed E-state index contributed by atoms with van der Waals surface area (Å²) in [5.41, 5.74) is 4.53. The molecule has 1 atom stereocenters. The normalized spacial score (nSPS) is 16.8. The molecule has 0 amide bonds. The van der Waals surface area contributed by atoms with E-state index in [-0.39, 0.29) is 0 Å². The molecule has 0 radical (unpaired) electrons. The zero-order valence-corrected chi connectivity index (χ0v) is 22.3. The van der Waals surface area contributed by atoms with Crippen LogP contribution in [0.3, 0.4) is 0 Å². The molecule has 6 rings (SSSR count). The molecular weight excluding hydrogens is 492 g/mol. The molecule has 2 aliphatic heterocycles. The molecule has 1 fully saturated rings. The molecule has 0 saturated carbocycles. The molecule has 9 heteroatoms. The number of rotatable bonds is 9. The van der Waals surface area contributed by atoms with E-state index in [1.54, 1.807) is 0 Å². The third-order valence-corrected chi connectivity index (χ3v) is 6.96. The molecule has 2 aliphatic rings. The smallest absolute Gasteiger partial charge is 0.162 e. The Morgan fingerprint density at radius 3 is 2.90 bits per heavy atom. The lowest BCUT2D eigenvalue weighted by molar-refractivity contribution is -0.00514. The highest BCUT2D eigenvalue weighted by molar-refractivity contribution is 5.94. The molecule has 0 aliphatic carbocycles. The first-order chi connectivity index (χ1) is 19.2.